The summed E-state index contributed by atoms with van der Waals surface area (Å²) in [6.07, 6.45) is -4.59. The van der Waals surface area contributed by atoms with E-state index in [1.807, 2.05) is 0 Å². The highest BCUT2D eigenvalue weighted by Crippen LogP contribution is 2.32. The molecule has 0 atom stereocenters. The number of nitrogens with two attached hydrogens (primary N) is 1. The first kappa shape index (κ1) is 20.7. The van der Waals surface area contributed by atoms with E-state index in [0.29, 0.717) is 0 Å². The maximum absolute atomic E-state index is 12.8. The van der Waals surface area contributed by atoms with Crippen LogP contribution in [-0.2, 0) is 22.3 Å². The predicted molar refractivity (Wildman–Crippen MR) is 85.0 cm³/mol. The van der Waals surface area contributed by atoms with Crippen LogP contribution in [0.15, 0.2) is 18.2 Å². The van der Waals surface area contributed by atoms with Crippen molar-refractivity contribution in [3.8, 4) is 0 Å². The lowest BCUT2D eigenvalue weighted by atomic mass is 10.1. The third kappa shape index (κ3) is 4.83. The van der Waals surface area contributed by atoms with E-state index >= 15 is 0 Å². The van der Waals surface area contributed by atoms with Crippen molar-refractivity contribution in [1.29, 1.82) is 0 Å². The summed E-state index contributed by atoms with van der Waals surface area (Å²) in [6.45, 7) is -0.857. The number of imide groups is 1. The zero-order chi connectivity index (χ0) is 18.1. The molecule has 2 rings (SSSR count). The maximum atomic E-state index is 12.8. The van der Waals surface area contributed by atoms with Gasteiger partial charge in [-0.2, -0.15) is 13.2 Å². The van der Waals surface area contributed by atoms with Gasteiger partial charge in [0.05, 0.1) is 5.56 Å². The molecule has 3 N–H and O–H groups in total. The van der Waals surface area contributed by atoms with Gasteiger partial charge in [0.15, 0.2) is 0 Å². The van der Waals surface area contributed by atoms with Crippen molar-refractivity contribution in [2.45, 2.75) is 12.7 Å². The number of anilines is 1. The van der Waals surface area contributed by atoms with Gasteiger partial charge in [0.1, 0.15) is 13.1 Å². The molecule has 0 unspecified atom stereocenters. The molecule has 0 saturated carbocycles. The number of nitrogens with zero attached hydrogens (tertiary/aromatic N) is 2. The molecule has 1 aliphatic heterocycles. The molecule has 1 heterocycles. The number of benzene rings is 1. The fraction of sp³-hybridized carbons (Fsp3) is 0.357. The Balaban J connectivity index is 0.00000312. The fourth-order valence-corrected chi connectivity index (χ4v) is 2.21. The van der Waals surface area contributed by atoms with Crippen LogP contribution in [0, 0.1) is 0 Å². The Kier molecular flexibility index (Phi) is 6.38. The molecule has 1 aromatic rings. The monoisotopic (exact) mass is 380 g/mol. The van der Waals surface area contributed by atoms with Crippen LogP contribution in [0.4, 0.5) is 23.7 Å². The summed E-state index contributed by atoms with van der Waals surface area (Å²) in [7, 11) is 1.40. The average Bonchev–Trinajstić information content (AvgIpc) is 2.72. The van der Waals surface area contributed by atoms with Gasteiger partial charge < -0.3 is 16.0 Å². The van der Waals surface area contributed by atoms with Gasteiger partial charge in [-0.05, 0) is 23.8 Å². The van der Waals surface area contributed by atoms with Crippen molar-refractivity contribution >= 4 is 35.9 Å². The third-order valence-electron chi connectivity index (χ3n) is 3.37. The Morgan fingerprint density at radius 3 is 2.40 bits per heavy atom. The first-order valence-electron chi connectivity index (χ1n) is 6.88. The summed E-state index contributed by atoms with van der Waals surface area (Å²) in [6, 6.07) is 2.31. The summed E-state index contributed by atoms with van der Waals surface area (Å²) in [5, 5.41) is 2.25. The van der Waals surface area contributed by atoms with Gasteiger partial charge in [-0.3, -0.25) is 14.5 Å². The molecule has 1 aliphatic rings. The van der Waals surface area contributed by atoms with Crippen molar-refractivity contribution in [3.05, 3.63) is 29.3 Å². The van der Waals surface area contributed by atoms with E-state index < -0.39 is 36.1 Å². The Morgan fingerprint density at radius 2 is 1.92 bits per heavy atom. The first-order chi connectivity index (χ1) is 11.1. The number of likely N-dealkylation sites (N-methyl/N-ethyl adjacent to an activating group) is 1. The number of hydrogen-bond donors (Lipinski definition) is 2. The predicted octanol–water partition coefficient (Wildman–Crippen LogP) is 1.42. The summed E-state index contributed by atoms with van der Waals surface area (Å²) in [5.41, 5.74) is 4.49. The van der Waals surface area contributed by atoms with Crippen molar-refractivity contribution in [2.24, 2.45) is 5.73 Å². The number of rotatable bonds is 4. The third-order valence-corrected chi connectivity index (χ3v) is 3.37. The zero-order valence-corrected chi connectivity index (χ0v) is 13.9. The number of amides is 4. The number of alkyl halides is 3. The van der Waals surface area contributed by atoms with E-state index in [-0.39, 0.29) is 36.7 Å². The second-order valence-electron chi connectivity index (χ2n) is 5.29. The molecule has 4 amide bonds. The summed E-state index contributed by atoms with van der Waals surface area (Å²) in [4.78, 5) is 37.1. The lowest BCUT2D eigenvalue weighted by molar-refractivity contribution is -0.137. The molecular formula is C14H16ClF3N4O3. The van der Waals surface area contributed by atoms with E-state index in [4.69, 9.17) is 5.73 Å². The van der Waals surface area contributed by atoms with Crippen LogP contribution < -0.4 is 11.1 Å². The highest BCUT2D eigenvalue weighted by molar-refractivity contribution is 6.06. The van der Waals surface area contributed by atoms with Crippen LogP contribution in [0.1, 0.15) is 11.1 Å². The van der Waals surface area contributed by atoms with Crippen LogP contribution >= 0.6 is 12.4 Å². The van der Waals surface area contributed by atoms with Crippen LogP contribution in [-0.4, -0.2) is 47.8 Å². The van der Waals surface area contributed by atoms with Crippen LogP contribution in [0.3, 0.4) is 0 Å². The molecular weight excluding hydrogens is 365 g/mol. The lowest BCUT2D eigenvalue weighted by Crippen LogP contribution is -2.38. The minimum Gasteiger partial charge on any atom is -0.326 e. The van der Waals surface area contributed by atoms with Crippen LogP contribution in [0.5, 0.6) is 0 Å². The van der Waals surface area contributed by atoms with Crippen molar-refractivity contribution < 1.29 is 27.6 Å². The first-order valence-corrected chi connectivity index (χ1v) is 6.88. The zero-order valence-electron chi connectivity index (χ0n) is 13.1. The summed E-state index contributed by atoms with van der Waals surface area (Å²) in [5.74, 6) is -1.33. The van der Waals surface area contributed by atoms with Gasteiger partial charge in [-0.25, -0.2) is 4.79 Å². The van der Waals surface area contributed by atoms with Crippen molar-refractivity contribution in [1.82, 2.24) is 9.80 Å². The number of urea groups is 1. The van der Waals surface area contributed by atoms with Crippen molar-refractivity contribution in [2.75, 3.05) is 25.5 Å². The molecule has 11 heteroatoms. The molecule has 7 nitrogen and oxygen atoms in total. The molecule has 1 fully saturated rings. The highest BCUT2D eigenvalue weighted by atomic mass is 35.5. The molecule has 0 bridgehead atoms. The van der Waals surface area contributed by atoms with Crippen molar-refractivity contribution in [3.63, 3.8) is 0 Å². The Bertz CT molecular complexity index is 696. The highest BCUT2D eigenvalue weighted by Gasteiger charge is 2.35. The van der Waals surface area contributed by atoms with E-state index in [0.717, 1.165) is 21.9 Å². The smallest absolute Gasteiger partial charge is 0.326 e. The standard InChI is InChI=1S/C14H15F3N4O3.ClH/c1-20-7-12(23)21(13(20)24)6-11(22)19-10-3-8(5-18)2-9(4-10)14(15,16)17;/h2-4H,5-7,18H2,1H3,(H,19,22);1H. The van der Waals surface area contributed by atoms with Crippen LogP contribution in [0.2, 0.25) is 0 Å². The molecule has 0 spiro atoms. The minimum absolute atomic E-state index is 0. The number of nitrogens with one attached hydrogen (secondary N) is 1. The van der Waals surface area contributed by atoms with E-state index in [1.54, 1.807) is 0 Å². The SMILES string of the molecule is CN1CC(=O)N(CC(=O)Nc2cc(CN)cc(C(F)(F)F)c2)C1=O.Cl. The fourth-order valence-electron chi connectivity index (χ4n) is 2.21. The van der Waals surface area contributed by atoms with Gasteiger partial charge in [-0.1, -0.05) is 0 Å². The second-order valence-corrected chi connectivity index (χ2v) is 5.29. The molecule has 0 radical (unpaired) electrons. The number of carbonyl (C=O) groups is 3. The Morgan fingerprint density at radius 1 is 1.28 bits per heavy atom. The topological polar surface area (TPSA) is 95.7 Å². The lowest BCUT2D eigenvalue weighted by Gasteiger charge is -2.15. The van der Waals surface area contributed by atoms with Gasteiger partial charge in [0.25, 0.3) is 5.91 Å². The number of hydrogen-bond acceptors (Lipinski definition) is 4. The minimum atomic E-state index is -4.59. The molecule has 25 heavy (non-hydrogen) atoms. The molecule has 138 valence electrons. The summed E-state index contributed by atoms with van der Waals surface area (Å²) < 4.78 is 38.5. The van der Waals surface area contributed by atoms with E-state index in [9.17, 15) is 27.6 Å². The van der Waals surface area contributed by atoms with Crippen LogP contribution in [0.25, 0.3) is 0 Å². The normalized spacial score (nSPS) is 14.6. The summed E-state index contributed by atoms with van der Waals surface area (Å²) >= 11 is 0. The van der Waals surface area contributed by atoms with Gasteiger partial charge >= 0.3 is 12.2 Å². The molecule has 0 aromatic heterocycles. The van der Waals surface area contributed by atoms with E-state index in [1.165, 1.54) is 13.1 Å². The maximum Gasteiger partial charge on any atom is 0.416 e. The quantitative estimate of drug-likeness (QED) is 0.772. The molecule has 1 aromatic carbocycles. The van der Waals surface area contributed by atoms with Gasteiger partial charge in [-0.15, -0.1) is 12.4 Å². The van der Waals surface area contributed by atoms with Gasteiger partial charge in [0, 0.05) is 19.3 Å². The number of carbonyl (C=O) groups excluding carboxylic acids is 3. The average molecular weight is 381 g/mol. The molecule has 0 aliphatic carbocycles. The Labute approximate surface area is 147 Å². The van der Waals surface area contributed by atoms with E-state index in [2.05, 4.69) is 5.32 Å². The second kappa shape index (κ2) is 7.70. The Hall–Kier alpha value is -2.33. The number of halogens is 4. The largest absolute Gasteiger partial charge is 0.416 e. The molecule has 1 saturated heterocycles. The van der Waals surface area contributed by atoms with Gasteiger partial charge in [0.2, 0.25) is 5.91 Å².